The van der Waals surface area contributed by atoms with Gasteiger partial charge in [-0.05, 0) is 80.2 Å². The van der Waals surface area contributed by atoms with Crippen molar-refractivity contribution in [2.45, 2.75) is 60.3 Å². The monoisotopic (exact) mass is 582 g/mol. The molecule has 2 fully saturated rings. The Morgan fingerprint density at radius 2 is 1.62 bits per heavy atom. The number of nitriles is 1. The van der Waals surface area contributed by atoms with Gasteiger partial charge in [-0.25, -0.2) is 4.79 Å². The number of rotatable bonds is 12. The van der Waals surface area contributed by atoms with Crippen LogP contribution in [0.4, 0.5) is 10.5 Å². The van der Waals surface area contributed by atoms with Crippen LogP contribution in [0.25, 0.3) is 0 Å². The van der Waals surface area contributed by atoms with Gasteiger partial charge < -0.3 is 20.3 Å². The highest BCUT2D eigenvalue weighted by Gasteiger charge is 2.44. The second kappa shape index (κ2) is 14.1. The molecule has 0 bridgehead atoms. The van der Waals surface area contributed by atoms with Gasteiger partial charge in [-0.3, -0.25) is 0 Å². The van der Waals surface area contributed by atoms with Crippen molar-refractivity contribution in [1.82, 2.24) is 4.90 Å². The molecule has 0 saturated carbocycles. The lowest BCUT2D eigenvalue weighted by molar-refractivity contribution is 0.0617. The van der Waals surface area contributed by atoms with Crippen LogP contribution in [-0.2, 0) is 10.2 Å². The molecule has 3 aromatic rings. The molecule has 5 rings (SSSR count). The summed E-state index contributed by atoms with van der Waals surface area (Å²) >= 11 is 1.79. The average molecular weight is 583 g/mol. The first-order valence-corrected chi connectivity index (χ1v) is 16.0. The van der Waals surface area contributed by atoms with Crippen LogP contribution in [0.2, 0.25) is 0 Å². The van der Waals surface area contributed by atoms with Gasteiger partial charge in [-0.2, -0.15) is 5.26 Å². The summed E-state index contributed by atoms with van der Waals surface area (Å²) in [6.45, 7) is 7.30. The summed E-state index contributed by atoms with van der Waals surface area (Å²) in [5.41, 5.74) is 7.02. The fraction of sp³-hybridized carbons (Fsp3) is 0.429. The van der Waals surface area contributed by atoms with Gasteiger partial charge in [0, 0.05) is 47.5 Å². The standard InChI is InChI=1S/C35H42N4O2S/c1-2-9-31(41-34(37)40)22-35(26-36,28-10-5-3-6-11-28)29-18-20-38(21-19-29)23-27-24-39(25-27)30-14-16-33(17-15-30)42-32-12-7-4-8-13-32/h3-8,10-17,27,29,31H,2,9,18-25H2,1H3,(H2,37,40)/t31-,35?/m1/s1. The first-order chi connectivity index (χ1) is 20.5. The minimum absolute atomic E-state index is 0.196. The summed E-state index contributed by atoms with van der Waals surface area (Å²) in [6.07, 6.45) is 2.82. The Bertz CT molecular complexity index is 1320. The van der Waals surface area contributed by atoms with Gasteiger partial charge in [-0.1, -0.05) is 73.6 Å². The van der Waals surface area contributed by atoms with E-state index >= 15 is 0 Å². The van der Waals surface area contributed by atoms with Gasteiger partial charge in [0.2, 0.25) is 0 Å². The highest BCUT2D eigenvalue weighted by molar-refractivity contribution is 7.99. The summed E-state index contributed by atoms with van der Waals surface area (Å²) in [5.74, 6) is 0.856. The molecule has 0 aliphatic carbocycles. The Labute approximate surface area is 254 Å². The second-order valence-electron chi connectivity index (χ2n) is 11.8. The van der Waals surface area contributed by atoms with E-state index in [1.54, 1.807) is 11.8 Å². The van der Waals surface area contributed by atoms with Crippen molar-refractivity contribution < 1.29 is 9.53 Å². The van der Waals surface area contributed by atoms with Crippen LogP contribution < -0.4 is 10.6 Å². The topological polar surface area (TPSA) is 82.6 Å². The van der Waals surface area contributed by atoms with E-state index in [0.717, 1.165) is 57.5 Å². The number of ether oxygens (including phenoxy) is 1. The predicted octanol–water partition coefficient (Wildman–Crippen LogP) is 7.10. The Morgan fingerprint density at radius 1 is 1.00 bits per heavy atom. The average Bonchev–Trinajstić information content (AvgIpc) is 2.99. The van der Waals surface area contributed by atoms with E-state index in [1.807, 2.05) is 24.3 Å². The van der Waals surface area contributed by atoms with Crippen LogP contribution in [0, 0.1) is 23.2 Å². The highest BCUT2D eigenvalue weighted by Crippen LogP contribution is 2.43. The van der Waals surface area contributed by atoms with E-state index in [-0.39, 0.29) is 12.0 Å². The van der Waals surface area contributed by atoms with Gasteiger partial charge in [-0.15, -0.1) is 0 Å². The van der Waals surface area contributed by atoms with E-state index in [4.69, 9.17) is 10.5 Å². The van der Waals surface area contributed by atoms with Crippen molar-refractivity contribution in [1.29, 1.82) is 5.26 Å². The zero-order chi connectivity index (χ0) is 29.4. The van der Waals surface area contributed by atoms with Gasteiger partial charge in [0.05, 0.1) is 11.5 Å². The molecule has 220 valence electrons. The van der Waals surface area contributed by atoms with Crippen molar-refractivity contribution in [2.24, 2.45) is 17.6 Å². The molecule has 2 atom stereocenters. The van der Waals surface area contributed by atoms with Crippen molar-refractivity contribution in [3.63, 3.8) is 0 Å². The predicted molar refractivity (Wildman–Crippen MR) is 170 cm³/mol. The number of hydrogen-bond donors (Lipinski definition) is 1. The van der Waals surface area contributed by atoms with Crippen LogP contribution >= 0.6 is 11.8 Å². The Balaban J connectivity index is 1.15. The Morgan fingerprint density at radius 3 is 2.21 bits per heavy atom. The minimum atomic E-state index is -0.764. The quantitative estimate of drug-likeness (QED) is 0.245. The van der Waals surface area contributed by atoms with Crippen molar-refractivity contribution in [3.8, 4) is 6.07 Å². The summed E-state index contributed by atoms with van der Waals surface area (Å²) in [7, 11) is 0. The number of likely N-dealkylation sites (tertiary alicyclic amines) is 1. The second-order valence-corrected chi connectivity index (χ2v) is 12.9. The van der Waals surface area contributed by atoms with Crippen LogP contribution in [0.3, 0.4) is 0 Å². The fourth-order valence-corrected chi connectivity index (χ4v) is 7.56. The number of nitrogens with two attached hydrogens (primary N) is 1. The minimum Gasteiger partial charge on any atom is -0.446 e. The normalized spacial score (nSPS) is 18.4. The number of amides is 1. The molecular formula is C35H42N4O2S. The number of anilines is 1. The largest absolute Gasteiger partial charge is 0.446 e. The molecule has 42 heavy (non-hydrogen) atoms. The van der Waals surface area contributed by atoms with E-state index in [2.05, 4.69) is 83.5 Å². The first-order valence-electron chi connectivity index (χ1n) is 15.2. The van der Waals surface area contributed by atoms with Crippen LogP contribution in [0.1, 0.15) is 44.6 Å². The van der Waals surface area contributed by atoms with E-state index < -0.39 is 11.5 Å². The van der Waals surface area contributed by atoms with Crippen molar-refractivity contribution in [2.75, 3.05) is 37.6 Å². The Hall–Kier alpha value is -3.47. The van der Waals surface area contributed by atoms with Gasteiger partial charge in [0.1, 0.15) is 6.10 Å². The molecular weight excluding hydrogens is 540 g/mol. The van der Waals surface area contributed by atoms with E-state index in [0.29, 0.717) is 18.8 Å². The number of carbonyl (C=O) groups is 1. The lowest BCUT2D eigenvalue weighted by atomic mass is 9.64. The number of piperidine rings is 1. The van der Waals surface area contributed by atoms with E-state index in [1.165, 1.54) is 15.5 Å². The molecule has 1 amide bonds. The molecule has 3 aromatic carbocycles. The van der Waals surface area contributed by atoms with Gasteiger partial charge >= 0.3 is 6.09 Å². The van der Waals surface area contributed by atoms with Crippen LogP contribution in [0.15, 0.2) is 94.7 Å². The summed E-state index contributed by atoms with van der Waals surface area (Å²) in [4.78, 5) is 19.2. The molecule has 2 aliphatic heterocycles. The zero-order valence-corrected chi connectivity index (χ0v) is 25.3. The maximum Gasteiger partial charge on any atom is 0.404 e. The van der Waals surface area contributed by atoms with Crippen LogP contribution in [-0.4, -0.2) is 49.8 Å². The molecule has 2 heterocycles. The molecule has 6 nitrogen and oxygen atoms in total. The molecule has 1 unspecified atom stereocenters. The molecule has 2 saturated heterocycles. The number of benzene rings is 3. The Kier molecular flexibility index (Phi) is 10.1. The third-order valence-electron chi connectivity index (χ3n) is 8.87. The summed E-state index contributed by atoms with van der Waals surface area (Å²) in [6, 6.07) is 32.2. The van der Waals surface area contributed by atoms with Gasteiger partial charge in [0.25, 0.3) is 0 Å². The lowest BCUT2D eigenvalue weighted by Crippen LogP contribution is -2.53. The first kappa shape index (κ1) is 30.0. The number of carbonyl (C=O) groups excluding carboxylic acids is 1. The highest BCUT2D eigenvalue weighted by atomic mass is 32.2. The van der Waals surface area contributed by atoms with Crippen molar-refractivity contribution in [3.05, 3.63) is 90.5 Å². The number of hydrogen-bond acceptors (Lipinski definition) is 6. The SMILES string of the molecule is CCC[C@H](CC(C#N)(c1ccccc1)C1CCN(CC2CN(c3ccc(Sc4ccccc4)cc3)C2)CC1)OC(N)=O. The molecule has 2 N–H and O–H groups in total. The summed E-state index contributed by atoms with van der Waals surface area (Å²) in [5, 5.41) is 10.7. The maximum absolute atomic E-state index is 11.7. The summed E-state index contributed by atoms with van der Waals surface area (Å²) < 4.78 is 5.51. The fourth-order valence-electron chi connectivity index (χ4n) is 6.72. The smallest absolute Gasteiger partial charge is 0.404 e. The maximum atomic E-state index is 11.7. The molecule has 0 spiro atoms. The molecule has 0 radical (unpaired) electrons. The zero-order valence-electron chi connectivity index (χ0n) is 24.5. The molecule has 0 aromatic heterocycles. The van der Waals surface area contributed by atoms with E-state index in [9.17, 15) is 10.1 Å². The number of primary amides is 1. The third-order valence-corrected chi connectivity index (χ3v) is 9.89. The number of nitrogens with zero attached hydrogens (tertiary/aromatic N) is 3. The van der Waals surface area contributed by atoms with Crippen molar-refractivity contribution >= 4 is 23.5 Å². The van der Waals surface area contributed by atoms with Crippen LogP contribution in [0.5, 0.6) is 0 Å². The molecule has 2 aliphatic rings. The molecule has 7 heteroatoms. The van der Waals surface area contributed by atoms with Gasteiger partial charge in [0.15, 0.2) is 0 Å². The lowest BCUT2D eigenvalue weighted by Gasteiger charge is -2.46. The third kappa shape index (κ3) is 7.29.